The predicted octanol–water partition coefficient (Wildman–Crippen LogP) is 4.78. The van der Waals surface area contributed by atoms with Crippen LogP contribution in [-0.4, -0.2) is 16.6 Å². The van der Waals surface area contributed by atoms with Gasteiger partial charge in [-0.25, -0.2) is 0 Å². The normalized spacial score (nSPS) is 19.0. The number of fused-ring (bicyclic) bond motifs is 5. The summed E-state index contributed by atoms with van der Waals surface area (Å²) in [4.78, 5) is 37.6. The minimum Gasteiger partial charge on any atom is -0.474 e. The molecule has 1 amide bonds. The first-order chi connectivity index (χ1) is 14.8. The highest BCUT2D eigenvalue weighted by Gasteiger charge is 2.64. The van der Waals surface area contributed by atoms with Crippen LogP contribution < -0.4 is 10.1 Å². The molecule has 0 saturated carbocycles. The molecular formula is C24H25N2O5. The summed E-state index contributed by atoms with van der Waals surface area (Å²) in [6, 6.07) is 10.0. The van der Waals surface area contributed by atoms with E-state index in [0.717, 1.165) is 18.4 Å². The van der Waals surface area contributed by atoms with Gasteiger partial charge >= 0.3 is 0 Å². The Morgan fingerprint density at radius 3 is 2.68 bits per heavy atom. The Labute approximate surface area is 180 Å². The van der Waals surface area contributed by atoms with Gasteiger partial charge in [0.25, 0.3) is 5.69 Å². The molecule has 1 N–H and O–H groups in total. The van der Waals surface area contributed by atoms with Crippen molar-refractivity contribution in [2.24, 2.45) is 0 Å². The number of hydrogen-bond acceptors (Lipinski definition) is 5. The van der Waals surface area contributed by atoms with E-state index in [0.29, 0.717) is 23.3 Å². The summed E-state index contributed by atoms with van der Waals surface area (Å²) in [5.41, 5.74) is 0.0442. The minimum absolute atomic E-state index is 0.0186. The van der Waals surface area contributed by atoms with Gasteiger partial charge in [-0.1, -0.05) is 57.9 Å². The highest BCUT2D eigenvalue weighted by Crippen LogP contribution is 2.56. The molecule has 1 heterocycles. The third-order valence-corrected chi connectivity index (χ3v) is 6.01. The van der Waals surface area contributed by atoms with Crippen LogP contribution in [0.3, 0.4) is 0 Å². The second kappa shape index (κ2) is 7.80. The standard InChI is InChI=1S/C24H25N2O5/c1-4-5-6-10-20(27)25-24-17-12-11-15(14(2)3)13-19(17)31-23(24)16-8-7-9-18(26(29)30)21(16)22(24)28/h7-9,11-14H,4-6,10H2,1-3H3,(H,25,27). The van der Waals surface area contributed by atoms with E-state index in [-0.39, 0.29) is 35.6 Å². The van der Waals surface area contributed by atoms with Crippen molar-refractivity contribution < 1.29 is 19.2 Å². The van der Waals surface area contributed by atoms with Crippen molar-refractivity contribution >= 4 is 17.4 Å². The van der Waals surface area contributed by atoms with E-state index in [4.69, 9.17) is 4.74 Å². The summed E-state index contributed by atoms with van der Waals surface area (Å²) in [6.07, 6.45) is 3.09. The van der Waals surface area contributed by atoms with E-state index in [1.165, 1.54) is 12.1 Å². The van der Waals surface area contributed by atoms with Gasteiger partial charge in [0.15, 0.2) is 5.54 Å². The number of ketones is 1. The van der Waals surface area contributed by atoms with Crippen LogP contribution in [0.25, 0.3) is 0 Å². The molecule has 1 unspecified atom stereocenters. The average Bonchev–Trinajstić information content (AvgIpc) is 3.17. The molecule has 7 heteroatoms. The van der Waals surface area contributed by atoms with Crippen LogP contribution in [0.15, 0.2) is 36.4 Å². The molecule has 1 radical (unpaired) electrons. The smallest absolute Gasteiger partial charge is 0.280 e. The zero-order valence-electron chi connectivity index (χ0n) is 17.9. The van der Waals surface area contributed by atoms with Crippen LogP contribution in [0, 0.1) is 16.2 Å². The molecule has 7 nitrogen and oxygen atoms in total. The van der Waals surface area contributed by atoms with Crippen molar-refractivity contribution in [2.75, 3.05) is 0 Å². The van der Waals surface area contributed by atoms with E-state index >= 15 is 0 Å². The van der Waals surface area contributed by atoms with Gasteiger partial charge in [-0.3, -0.25) is 19.7 Å². The summed E-state index contributed by atoms with van der Waals surface area (Å²) in [5.74, 6) is -0.0487. The Kier molecular flexibility index (Phi) is 5.29. The van der Waals surface area contributed by atoms with Crippen molar-refractivity contribution in [1.29, 1.82) is 0 Å². The van der Waals surface area contributed by atoms with Crippen molar-refractivity contribution in [3.05, 3.63) is 74.9 Å². The van der Waals surface area contributed by atoms with Crippen LogP contribution in [0.4, 0.5) is 5.69 Å². The molecule has 2 aliphatic rings. The van der Waals surface area contributed by atoms with E-state index in [2.05, 4.69) is 19.2 Å². The van der Waals surface area contributed by atoms with Crippen molar-refractivity contribution in [2.45, 2.75) is 57.9 Å². The molecule has 0 fully saturated rings. The Bertz CT molecular complexity index is 1080. The molecule has 0 spiro atoms. The molecule has 2 aromatic rings. The summed E-state index contributed by atoms with van der Waals surface area (Å²) in [6.45, 7) is 6.16. The topological polar surface area (TPSA) is 98.5 Å². The maximum Gasteiger partial charge on any atom is 0.280 e. The van der Waals surface area contributed by atoms with Crippen LogP contribution in [0.5, 0.6) is 5.75 Å². The maximum atomic E-state index is 13.8. The summed E-state index contributed by atoms with van der Waals surface area (Å²) >= 11 is 0. The minimum atomic E-state index is -1.57. The van der Waals surface area contributed by atoms with Gasteiger partial charge < -0.3 is 10.1 Å². The van der Waals surface area contributed by atoms with E-state index in [1.807, 2.05) is 19.1 Å². The molecule has 1 aliphatic heterocycles. The number of nitrogens with zero attached hydrogens (tertiary/aromatic N) is 1. The first kappa shape index (κ1) is 21.0. The number of nitrogens with one attached hydrogen (secondary N) is 1. The first-order valence-electron chi connectivity index (χ1n) is 10.6. The Morgan fingerprint density at radius 1 is 1.23 bits per heavy atom. The highest BCUT2D eigenvalue weighted by atomic mass is 16.6. The first-order valence-corrected chi connectivity index (χ1v) is 10.6. The Balaban J connectivity index is 1.84. The van der Waals surface area contributed by atoms with E-state index in [9.17, 15) is 19.7 Å². The number of ether oxygens (including phenoxy) is 1. The van der Waals surface area contributed by atoms with E-state index in [1.54, 1.807) is 12.1 Å². The fraction of sp³-hybridized carbons (Fsp3) is 0.375. The molecule has 0 saturated heterocycles. The number of nitro benzene ring substituents is 1. The maximum absolute atomic E-state index is 13.8. The van der Waals surface area contributed by atoms with Gasteiger partial charge in [0.1, 0.15) is 11.3 Å². The number of hydrogen-bond donors (Lipinski definition) is 1. The highest BCUT2D eigenvalue weighted by molar-refractivity contribution is 6.16. The number of nitro groups is 1. The molecule has 1 aliphatic carbocycles. The van der Waals surface area contributed by atoms with Gasteiger partial charge in [0.05, 0.1) is 4.92 Å². The van der Waals surface area contributed by atoms with Gasteiger partial charge in [0, 0.05) is 23.6 Å². The number of carbonyl (C=O) groups excluding carboxylic acids is 2. The van der Waals surface area contributed by atoms with Crippen molar-refractivity contribution in [3.8, 4) is 5.75 Å². The number of Topliss-reactive ketones (excluding diaryl/α,β-unsaturated/α-hetero) is 1. The molecule has 161 valence electrons. The molecule has 4 rings (SSSR count). The monoisotopic (exact) mass is 421 g/mol. The van der Waals surface area contributed by atoms with Gasteiger partial charge in [-0.2, -0.15) is 0 Å². The number of carbonyl (C=O) groups is 2. The third-order valence-electron chi connectivity index (χ3n) is 6.01. The molecule has 31 heavy (non-hydrogen) atoms. The molecule has 1 atom stereocenters. The second-order valence-corrected chi connectivity index (χ2v) is 8.38. The zero-order chi connectivity index (χ0) is 22.3. The van der Waals surface area contributed by atoms with Crippen molar-refractivity contribution in [1.82, 2.24) is 5.32 Å². The number of rotatable bonds is 7. The lowest BCUT2D eigenvalue weighted by Gasteiger charge is -2.27. The van der Waals surface area contributed by atoms with Crippen LogP contribution in [-0.2, 0) is 10.3 Å². The van der Waals surface area contributed by atoms with E-state index < -0.39 is 16.2 Å². The molecule has 2 aromatic carbocycles. The number of unbranched alkanes of at least 4 members (excludes halogenated alkanes) is 2. The Hall–Kier alpha value is -3.22. The Morgan fingerprint density at radius 2 is 2.00 bits per heavy atom. The van der Waals surface area contributed by atoms with Crippen LogP contribution >= 0.6 is 0 Å². The molecule has 0 bridgehead atoms. The van der Waals surface area contributed by atoms with Gasteiger partial charge in [-0.15, -0.1) is 0 Å². The molecular weight excluding hydrogens is 396 g/mol. The summed E-state index contributed by atoms with van der Waals surface area (Å²) in [7, 11) is 0. The third kappa shape index (κ3) is 3.19. The number of amides is 1. The average molecular weight is 421 g/mol. The predicted molar refractivity (Wildman–Crippen MR) is 115 cm³/mol. The fourth-order valence-electron chi connectivity index (χ4n) is 4.38. The zero-order valence-corrected chi connectivity index (χ0v) is 17.9. The van der Waals surface area contributed by atoms with Crippen LogP contribution in [0.2, 0.25) is 0 Å². The lowest BCUT2D eigenvalue weighted by atomic mass is 9.84. The largest absolute Gasteiger partial charge is 0.474 e. The SMILES string of the molecule is CCCCCC(=O)NC12[C](Oc3cc(C(C)C)ccc31)c1cccc([N+](=O)[O-])c1C2=O. The summed E-state index contributed by atoms with van der Waals surface area (Å²) < 4.78 is 6.14. The van der Waals surface area contributed by atoms with Crippen LogP contribution in [0.1, 0.15) is 79.4 Å². The number of benzene rings is 2. The lowest BCUT2D eigenvalue weighted by Crippen LogP contribution is -2.51. The van der Waals surface area contributed by atoms with Crippen molar-refractivity contribution in [3.63, 3.8) is 0 Å². The molecule has 0 aromatic heterocycles. The quantitative estimate of drug-likeness (QED) is 0.394. The fourth-order valence-corrected chi connectivity index (χ4v) is 4.38. The van der Waals surface area contributed by atoms with Gasteiger partial charge in [-0.05, 0) is 24.0 Å². The summed E-state index contributed by atoms with van der Waals surface area (Å²) in [5, 5.41) is 14.5. The lowest BCUT2D eigenvalue weighted by molar-refractivity contribution is -0.385. The van der Waals surface area contributed by atoms with Gasteiger partial charge in [0.2, 0.25) is 17.8 Å². The second-order valence-electron chi connectivity index (χ2n) is 8.38.